The Bertz CT molecular complexity index is 858. The van der Waals surface area contributed by atoms with Gasteiger partial charge < -0.3 is 42.9 Å². The molecular formula is C34H59IN2O6. The smallest absolute Gasteiger partial charge is 0.419 e. The highest BCUT2D eigenvalue weighted by Gasteiger charge is 2.31. The molecule has 43 heavy (non-hydrogen) atoms. The zero-order valence-corrected chi connectivity index (χ0v) is 29.4. The first-order valence-electron chi connectivity index (χ1n) is 16.9. The maximum Gasteiger partial charge on any atom is 0.419 e. The molecule has 0 saturated carbocycles. The molecule has 2 rings (SSSR count). The van der Waals surface area contributed by atoms with Gasteiger partial charge >= 0.3 is 12.2 Å². The lowest BCUT2D eigenvalue weighted by Gasteiger charge is -2.20. The maximum atomic E-state index is 12.9. The fourth-order valence-electron chi connectivity index (χ4n) is 5.43. The molecule has 8 nitrogen and oxygen atoms in total. The average Bonchev–Trinajstić information content (AvgIpc) is 3.46. The number of carbonyl (C=O) groups excluding carboxylic acids is 2. The predicted molar refractivity (Wildman–Crippen MR) is 165 cm³/mol. The summed E-state index contributed by atoms with van der Waals surface area (Å²) in [4.78, 5) is 26.4. The van der Waals surface area contributed by atoms with E-state index in [1.54, 1.807) is 6.92 Å². The van der Waals surface area contributed by atoms with Crippen LogP contribution in [0.25, 0.3) is 0 Å². The van der Waals surface area contributed by atoms with E-state index >= 15 is 0 Å². The molecule has 1 saturated heterocycles. The molecule has 9 heteroatoms. The van der Waals surface area contributed by atoms with Crippen molar-refractivity contribution >= 4 is 12.2 Å². The zero-order chi connectivity index (χ0) is 30.3. The number of aromatic nitrogens is 1. The molecule has 1 aromatic rings. The molecule has 0 spiro atoms. The molecule has 2 atom stereocenters. The van der Waals surface area contributed by atoms with Crippen molar-refractivity contribution in [2.75, 3.05) is 33.0 Å². The first kappa shape index (κ1) is 39.6. The average molecular weight is 719 g/mol. The number of nitrogens with zero attached hydrogens (tertiary/aromatic N) is 2. The number of carbonyl (C=O) groups is 2. The number of rotatable bonds is 23. The van der Waals surface area contributed by atoms with E-state index < -0.39 is 12.2 Å². The quantitative estimate of drug-likeness (QED) is 0.0902. The summed E-state index contributed by atoms with van der Waals surface area (Å²) in [6.45, 7) is 9.14. The summed E-state index contributed by atoms with van der Waals surface area (Å²) in [5.41, 5.74) is 0.818. The first-order valence-corrected chi connectivity index (χ1v) is 16.9. The minimum Gasteiger partial charge on any atom is -1.00 e. The lowest BCUT2D eigenvalue weighted by atomic mass is 10.0. The molecule has 1 aliphatic rings. The van der Waals surface area contributed by atoms with Crippen LogP contribution in [-0.2, 0) is 32.0 Å². The highest BCUT2D eigenvalue weighted by atomic mass is 127. The summed E-state index contributed by atoms with van der Waals surface area (Å²) in [6, 6.07) is 5.67. The number of hydrogen-bond donors (Lipinski definition) is 0. The van der Waals surface area contributed by atoms with Crippen LogP contribution in [0, 0.1) is 5.92 Å². The van der Waals surface area contributed by atoms with E-state index in [1.165, 1.54) is 83.5 Å². The summed E-state index contributed by atoms with van der Waals surface area (Å²) in [5.74, 6) is 0.300. The predicted octanol–water partition coefficient (Wildman–Crippen LogP) is 5.00. The third kappa shape index (κ3) is 17.6. The molecule has 0 aliphatic carbocycles. The van der Waals surface area contributed by atoms with Crippen molar-refractivity contribution in [3.63, 3.8) is 0 Å². The van der Waals surface area contributed by atoms with Gasteiger partial charge in [-0.15, -0.1) is 0 Å². The Morgan fingerprint density at radius 3 is 2.05 bits per heavy atom. The lowest BCUT2D eigenvalue weighted by molar-refractivity contribution is -0.701. The summed E-state index contributed by atoms with van der Waals surface area (Å²) in [7, 11) is 0. The largest absolute Gasteiger partial charge is 1.00 e. The Labute approximate surface area is 278 Å². The molecule has 0 radical (unpaired) electrons. The van der Waals surface area contributed by atoms with E-state index in [9.17, 15) is 9.59 Å². The molecule has 0 bridgehead atoms. The number of unbranched alkanes of at least 4 members (excludes halogenated alkanes) is 13. The number of hydrogen-bond acceptors (Lipinski definition) is 6. The second-order valence-corrected chi connectivity index (χ2v) is 11.6. The monoisotopic (exact) mass is 718 g/mol. The second-order valence-electron chi connectivity index (χ2n) is 11.6. The van der Waals surface area contributed by atoms with Gasteiger partial charge in [0.15, 0.2) is 6.20 Å². The number of aryl methyl sites for hydroxylation is 1. The van der Waals surface area contributed by atoms with Crippen LogP contribution in [-0.4, -0.2) is 56.2 Å². The third-order valence-electron chi connectivity index (χ3n) is 7.96. The van der Waals surface area contributed by atoms with E-state index in [4.69, 9.17) is 18.9 Å². The molecule has 1 aliphatic heterocycles. The lowest BCUT2D eigenvalue weighted by Crippen LogP contribution is -3.00. The van der Waals surface area contributed by atoms with Gasteiger partial charge in [-0.25, -0.2) is 19.1 Å². The molecule has 0 unspecified atom stereocenters. The van der Waals surface area contributed by atoms with Crippen LogP contribution in [0.5, 0.6) is 0 Å². The van der Waals surface area contributed by atoms with Gasteiger partial charge in [0.05, 0.1) is 25.9 Å². The van der Waals surface area contributed by atoms with E-state index in [0.29, 0.717) is 19.1 Å². The van der Waals surface area contributed by atoms with Crippen LogP contribution in [0.15, 0.2) is 24.4 Å². The Kier molecular flexibility index (Phi) is 23.8. The molecule has 1 fully saturated rings. The highest BCUT2D eigenvalue weighted by Crippen LogP contribution is 2.21. The van der Waals surface area contributed by atoms with Crippen molar-refractivity contribution in [1.29, 1.82) is 0 Å². The Balaban J connectivity index is 0.00000924. The standard InChI is InChI=1S/C34H59N2O6.HI/c1-4-7-8-9-10-11-12-13-14-15-16-17-18-21-24-39-27-30-25-32(41-28-30)29-42-34(38)36(33(37)40-6-3)26-31-22-19-20-23-35(31)5-2;/h19-20,22-23,30,32H,4-18,21,24-29H2,1-3H3;1H/q+1;/p-1/t30-,32-;/m1./s1. The first-order chi connectivity index (χ1) is 20.6. The fourth-order valence-corrected chi connectivity index (χ4v) is 5.43. The van der Waals surface area contributed by atoms with Crippen molar-refractivity contribution in [2.45, 2.75) is 136 Å². The van der Waals surface area contributed by atoms with Crippen LogP contribution < -0.4 is 28.5 Å². The minimum absolute atomic E-state index is 0. The van der Waals surface area contributed by atoms with Gasteiger partial charge in [0, 0.05) is 24.7 Å². The van der Waals surface area contributed by atoms with Gasteiger partial charge in [-0.3, -0.25) is 0 Å². The van der Waals surface area contributed by atoms with Crippen LogP contribution in [0.1, 0.15) is 123 Å². The molecule has 0 aromatic carbocycles. The van der Waals surface area contributed by atoms with Crippen molar-refractivity contribution in [2.24, 2.45) is 5.92 Å². The van der Waals surface area contributed by atoms with Crippen LogP contribution in [0.4, 0.5) is 9.59 Å². The van der Waals surface area contributed by atoms with Gasteiger partial charge in [-0.2, -0.15) is 0 Å². The van der Waals surface area contributed by atoms with Crippen molar-refractivity contribution in [3.05, 3.63) is 30.1 Å². The van der Waals surface area contributed by atoms with E-state index in [1.807, 2.05) is 35.9 Å². The SMILES string of the molecule is CCCCCCCCCCCCCCCCOC[C@@H]1CO[C@@H](COC(=O)N(Cc2cccc[n+]2CC)C(=O)OCC)C1.[I-]. The van der Waals surface area contributed by atoms with Gasteiger partial charge in [0.1, 0.15) is 19.7 Å². The van der Waals surface area contributed by atoms with E-state index in [0.717, 1.165) is 36.6 Å². The molecular weight excluding hydrogens is 659 g/mol. The fraction of sp³-hybridized carbons (Fsp3) is 0.794. The van der Waals surface area contributed by atoms with Crippen molar-refractivity contribution < 1.29 is 57.1 Å². The normalized spacial score (nSPS) is 16.1. The summed E-state index contributed by atoms with van der Waals surface area (Å²) in [6.07, 6.45) is 20.0. The number of pyridine rings is 1. The molecule has 0 N–H and O–H groups in total. The molecule has 248 valence electrons. The zero-order valence-electron chi connectivity index (χ0n) is 27.2. The van der Waals surface area contributed by atoms with Crippen LogP contribution in [0.2, 0.25) is 0 Å². The summed E-state index contributed by atoms with van der Waals surface area (Å²) < 4.78 is 24.3. The Hall–Kier alpha value is -1.46. The molecule has 1 aromatic heterocycles. The number of imide groups is 1. The van der Waals surface area contributed by atoms with E-state index in [2.05, 4.69) is 6.92 Å². The molecule has 2 amide bonds. The van der Waals surface area contributed by atoms with Crippen molar-refractivity contribution in [3.8, 4) is 0 Å². The van der Waals surface area contributed by atoms with Gasteiger partial charge in [-0.1, -0.05) is 96.5 Å². The maximum absolute atomic E-state index is 12.9. The Morgan fingerprint density at radius 2 is 1.44 bits per heavy atom. The Morgan fingerprint density at radius 1 is 0.837 bits per heavy atom. The number of halogens is 1. The minimum atomic E-state index is -0.721. The highest BCUT2D eigenvalue weighted by molar-refractivity contribution is 5.87. The number of amides is 2. The molecule has 2 heterocycles. The van der Waals surface area contributed by atoms with Gasteiger partial charge in [0.25, 0.3) is 0 Å². The van der Waals surface area contributed by atoms with Crippen LogP contribution in [0.3, 0.4) is 0 Å². The van der Waals surface area contributed by atoms with Gasteiger partial charge in [0.2, 0.25) is 5.69 Å². The van der Waals surface area contributed by atoms with Crippen LogP contribution >= 0.6 is 0 Å². The third-order valence-corrected chi connectivity index (χ3v) is 7.96. The number of ether oxygens (including phenoxy) is 4. The van der Waals surface area contributed by atoms with Gasteiger partial charge in [-0.05, 0) is 26.7 Å². The topological polar surface area (TPSA) is 78.2 Å². The summed E-state index contributed by atoms with van der Waals surface area (Å²) in [5, 5.41) is 0. The van der Waals surface area contributed by atoms with E-state index in [-0.39, 0.29) is 49.8 Å². The summed E-state index contributed by atoms with van der Waals surface area (Å²) >= 11 is 0. The second kappa shape index (κ2) is 25.8. The van der Waals surface area contributed by atoms with Crippen molar-refractivity contribution in [1.82, 2.24) is 4.90 Å².